The standard InChI is InChI=1S/C19H31N3O2/c1-3-10-21-19(20-4-2)22-14-16-6-5-7-17(13-16)15-24-18-8-11-23-12-9-18/h5-7,13,18H,3-4,8-12,14-15H2,1-2H3,(H2,20,21,22). The minimum Gasteiger partial charge on any atom is -0.381 e. The maximum absolute atomic E-state index is 6.00. The Morgan fingerprint density at radius 1 is 1.21 bits per heavy atom. The van der Waals surface area contributed by atoms with Crippen LogP contribution >= 0.6 is 0 Å². The van der Waals surface area contributed by atoms with Gasteiger partial charge in [-0.15, -0.1) is 0 Å². The highest BCUT2D eigenvalue weighted by Crippen LogP contribution is 2.14. The maximum atomic E-state index is 6.00. The number of nitrogens with one attached hydrogen (secondary N) is 2. The van der Waals surface area contributed by atoms with Crippen LogP contribution in [0.25, 0.3) is 0 Å². The molecule has 1 aliphatic heterocycles. The van der Waals surface area contributed by atoms with Crippen LogP contribution in [0.15, 0.2) is 29.3 Å². The normalized spacial score (nSPS) is 16.2. The number of guanidine groups is 1. The Morgan fingerprint density at radius 2 is 2.00 bits per heavy atom. The monoisotopic (exact) mass is 333 g/mol. The molecule has 2 N–H and O–H groups in total. The van der Waals surface area contributed by atoms with Gasteiger partial charge in [0.2, 0.25) is 0 Å². The summed E-state index contributed by atoms with van der Waals surface area (Å²) in [6.45, 7) is 9.00. The van der Waals surface area contributed by atoms with E-state index < -0.39 is 0 Å². The van der Waals surface area contributed by atoms with Crippen LogP contribution in [0.2, 0.25) is 0 Å². The second-order valence-corrected chi connectivity index (χ2v) is 6.06. The minimum absolute atomic E-state index is 0.332. The molecule has 1 aromatic carbocycles. The summed E-state index contributed by atoms with van der Waals surface area (Å²) >= 11 is 0. The average Bonchev–Trinajstić information content (AvgIpc) is 2.63. The Morgan fingerprint density at radius 3 is 2.75 bits per heavy atom. The molecule has 1 aliphatic rings. The molecule has 24 heavy (non-hydrogen) atoms. The zero-order valence-electron chi connectivity index (χ0n) is 15.0. The van der Waals surface area contributed by atoms with Crippen molar-refractivity contribution in [2.45, 2.75) is 52.4 Å². The molecule has 0 bridgehead atoms. The van der Waals surface area contributed by atoms with Gasteiger partial charge < -0.3 is 20.1 Å². The first-order valence-electron chi connectivity index (χ1n) is 9.11. The molecular weight excluding hydrogens is 302 g/mol. The molecular formula is C19H31N3O2. The van der Waals surface area contributed by atoms with Crippen molar-refractivity contribution in [3.63, 3.8) is 0 Å². The Bertz CT molecular complexity index is 499. The summed E-state index contributed by atoms with van der Waals surface area (Å²) < 4.78 is 11.4. The summed E-state index contributed by atoms with van der Waals surface area (Å²) in [7, 11) is 0. The number of benzene rings is 1. The fraction of sp³-hybridized carbons (Fsp3) is 0.632. The molecule has 0 unspecified atom stereocenters. The molecule has 5 nitrogen and oxygen atoms in total. The number of nitrogens with zero attached hydrogens (tertiary/aromatic N) is 1. The van der Waals surface area contributed by atoms with Gasteiger partial charge >= 0.3 is 0 Å². The number of hydrogen-bond donors (Lipinski definition) is 2. The summed E-state index contributed by atoms with van der Waals surface area (Å²) in [4.78, 5) is 4.65. The van der Waals surface area contributed by atoms with Crippen LogP contribution in [0.4, 0.5) is 0 Å². The van der Waals surface area contributed by atoms with E-state index in [0.717, 1.165) is 51.5 Å². The van der Waals surface area contributed by atoms with Crippen molar-refractivity contribution in [3.8, 4) is 0 Å². The van der Waals surface area contributed by atoms with E-state index >= 15 is 0 Å². The van der Waals surface area contributed by atoms with Gasteiger partial charge in [0.05, 0.1) is 19.3 Å². The van der Waals surface area contributed by atoms with E-state index in [9.17, 15) is 0 Å². The molecule has 1 heterocycles. The molecule has 1 aromatic rings. The van der Waals surface area contributed by atoms with Crippen LogP contribution < -0.4 is 10.6 Å². The van der Waals surface area contributed by atoms with Crippen LogP contribution in [0.3, 0.4) is 0 Å². The molecule has 0 saturated carbocycles. The zero-order chi connectivity index (χ0) is 17.0. The first kappa shape index (κ1) is 18.7. The van der Waals surface area contributed by atoms with E-state index in [1.54, 1.807) is 0 Å². The third kappa shape index (κ3) is 6.89. The van der Waals surface area contributed by atoms with E-state index in [0.29, 0.717) is 19.3 Å². The summed E-state index contributed by atoms with van der Waals surface area (Å²) in [6.07, 6.45) is 3.42. The van der Waals surface area contributed by atoms with Gasteiger partial charge in [-0.05, 0) is 37.3 Å². The number of hydrogen-bond acceptors (Lipinski definition) is 3. The Hall–Kier alpha value is -1.59. The quantitative estimate of drug-likeness (QED) is 0.567. The van der Waals surface area contributed by atoms with Crippen molar-refractivity contribution >= 4 is 5.96 Å². The first-order valence-corrected chi connectivity index (χ1v) is 9.11. The van der Waals surface area contributed by atoms with Crippen molar-refractivity contribution in [2.75, 3.05) is 26.3 Å². The molecule has 0 spiro atoms. The van der Waals surface area contributed by atoms with Crippen molar-refractivity contribution in [2.24, 2.45) is 4.99 Å². The number of aliphatic imine (C=N–C) groups is 1. The summed E-state index contributed by atoms with van der Waals surface area (Å²) in [5, 5.41) is 6.60. The van der Waals surface area contributed by atoms with Crippen LogP contribution in [-0.4, -0.2) is 38.4 Å². The van der Waals surface area contributed by atoms with Crippen LogP contribution in [0, 0.1) is 0 Å². The van der Waals surface area contributed by atoms with Crippen molar-refractivity contribution in [3.05, 3.63) is 35.4 Å². The van der Waals surface area contributed by atoms with Gasteiger partial charge in [-0.25, -0.2) is 4.99 Å². The second kappa shape index (κ2) is 11.0. The largest absolute Gasteiger partial charge is 0.381 e. The van der Waals surface area contributed by atoms with Gasteiger partial charge in [0, 0.05) is 26.3 Å². The third-order valence-electron chi connectivity index (χ3n) is 3.95. The Labute approximate surface area is 145 Å². The average molecular weight is 333 g/mol. The second-order valence-electron chi connectivity index (χ2n) is 6.06. The molecule has 1 saturated heterocycles. The molecule has 134 valence electrons. The summed E-state index contributed by atoms with van der Waals surface area (Å²) in [5.41, 5.74) is 2.41. The molecule has 2 rings (SSSR count). The van der Waals surface area contributed by atoms with Gasteiger partial charge in [-0.2, -0.15) is 0 Å². The Balaban J connectivity index is 1.86. The smallest absolute Gasteiger partial charge is 0.191 e. The van der Waals surface area contributed by atoms with Crippen LogP contribution in [0.5, 0.6) is 0 Å². The van der Waals surface area contributed by atoms with Crippen LogP contribution in [0.1, 0.15) is 44.2 Å². The molecule has 0 amide bonds. The van der Waals surface area contributed by atoms with E-state index in [1.807, 2.05) is 0 Å². The first-order chi connectivity index (χ1) is 11.8. The fourth-order valence-electron chi connectivity index (χ4n) is 2.63. The highest BCUT2D eigenvalue weighted by molar-refractivity contribution is 5.79. The molecule has 1 fully saturated rings. The lowest BCUT2D eigenvalue weighted by molar-refractivity contribution is -0.0390. The van der Waals surface area contributed by atoms with Gasteiger partial charge in [0.1, 0.15) is 0 Å². The lowest BCUT2D eigenvalue weighted by Gasteiger charge is -2.22. The predicted molar refractivity (Wildman–Crippen MR) is 98.2 cm³/mol. The Kier molecular flexibility index (Phi) is 8.63. The highest BCUT2D eigenvalue weighted by Gasteiger charge is 2.13. The topological polar surface area (TPSA) is 54.9 Å². The lowest BCUT2D eigenvalue weighted by atomic mass is 10.1. The van der Waals surface area contributed by atoms with Crippen molar-refractivity contribution in [1.29, 1.82) is 0 Å². The molecule has 5 heteroatoms. The van der Waals surface area contributed by atoms with Crippen molar-refractivity contribution in [1.82, 2.24) is 10.6 Å². The molecule has 0 atom stereocenters. The van der Waals surface area contributed by atoms with E-state index in [4.69, 9.17) is 9.47 Å². The van der Waals surface area contributed by atoms with Gasteiger partial charge in [0.25, 0.3) is 0 Å². The summed E-state index contributed by atoms with van der Waals surface area (Å²) in [5.74, 6) is 0.878. The SMILES string of the molecule is CCCNC(=NCc1cccc(COC2CCOCC2)c1)NCC. The zero-order valence-corrected chi connectivity index (χ0v) is 15.0. The van der Waals surface area contributed by atoms with E-state index in [2.05, 4.69) is 53.7 Å². The fourth-order valence-corrected chi connectivity index (χ4v) is 2.63. The van der Waals surface area contributed by atoms with Gasteiger partial charge in [-0.1, -0.05) is 31.2 Å². The van der Waals surface area contributed by atoms with Crippen molar-refractivity contribution < 1.29 is 9.47 Å². The number of rotatable bonds is 8. The van der Waals surface area contributed by atoms with Crippen LogP contribution in [-0.2, 0) is 22.6 Å². The van der Waals surface area contributed by atoms with E-state index in [-0.39, 0.29) is 0 Å². The minimum atomic E-state index is 0.332. The third-order valence-corrected chi connectivity index (χ3v) is 3.95. The highest BCUT2D eigenvalue weighted by atomic mass is 16.5. The lowest BCUT2D eigenvalue weighted by Crippen LogP contribution is -2.37. The number of ether oxygens (including phenoxy) is 2. The summed E-state index contributed by atoms with van der Waals surface area (Å²) in [6, 6.07) is 8.50. The molecule has 0 aliphatic carbocycles. The van der Waals surface area contributed by atoms with E-state index in [1.165, 1.54) is 11.1 Å². The van der Waals surface area contributed by atoms with Gasteiger partial charge in [-0.3, -0.25) is 0 Å². The predicted octanol–water partition coefficient (Wildman–Crippen LogP) is 2.85. The van der Waals surface area contributed by atoms with Gasteiger partial charge in [0.15, 0.2) is 5.96 Å². The molecule has 0 aromatic heterocycles. The maximum Gasteiger partial charge on any atom is 0.191 e. The molecule has 0 radical (unpaired) electrons.